The van der Waals surface area contributed by atoms with E-state index in [0.29, 0.717) is 6.42 Å². The van der Waals surface area contributed by atoms with E-state index in [9.17, 15) is 15.2 Å². The number of hydrogen-bond donors (Lipinski definition) is 4. The zero-order valence-electron chi connectivity index (χ0n) is 22.4. The maximum absolute atomic E-state index is 15.7. The Morgan fingerprint density at radius 2 is 1.95 bits per heavy atom. The highest BCUT2D eigenvalue weighted by Gasteiger charge is 2.61. The number of nitriles is 1. The van der Waals surface area contributed by atoms with Crippen LogP contribution < -0.4 is 10.6 Å². The number of carbonyl (C=O) groups is 1. The molecule has 2 aromatic rings. The van der Waals surface area contributed by atoms with Crippen molar-refractivity contribution in [3.63, 3.8) is 0 Å². The first-order valence-corrected chi connectivity index (χ1v) is 13.7. The van der Waals surface area contributed by atoms with E-state index in [1.807, 2.05) is 27.7 Å². The fraction of sp³-hybridized carbons (Fsp3) is 0.517. The number of carbonyl (C=O) groups excluding carboxylic acids is 1. The van der Waals surface area contributed by atoms with Crippen LogP contribution in [0.1, 0.15) is 57.6 Å². The van der Waals surface area contributed by atoms with Crippen LogP contribution in [0, 0.1) is 34.3 Å². The summed E-state index contributed by atoms with van der Waals surface area (Å²) in [6.07, 6.45) is -0.570. The summed E-state index contributed by atoms with van der Waals surface area (Å²) in [4.78, 5) is 13.6. The second kappa shape index (κ2) is 12.5. The Bertz CT molecular complexity index is 1240. The summed E-state index contributed by atoms with van der Waals surface area (Å²) in [5.74, 6) is -3.09. The van der Waals surface area contributed by atoms with Crippen LogP contribution in [0.25, 0.3) is 0 Å². The first kappa shape index (κ1) is 31.3. The molecule has 0 radical (unpaired) electrons. The summed E-state index contributed by atoms with van der Waals surface area (Å²) in [6.45, 7) is 7.69. The predicted octanol–water partition coefficient (Wildman–Crippen LogP) is 5.09. The first-order valence-electron chi connectivity index (χ1n) is 12.9. The topological polar surface area (TPSA) is 105 Å². The SMILES string of the molecule is CC(C)C(C)(C)CC1NC(C(=O)NCC[C@H](O)CO)C(c2cccc(Cl)c2F)C1(C#N)c1ccc(Cl)cc1F. The normalized spacial score (nSPS) is 24.0. The fourth-order valence-electron chi connectivity index (χ4n) is 5.27. The van der Waals surface area contributed by atoms with E-state index < -0.39 is 53.7 Å². The maximum atomic E-state index is 15.7. The number of halogens is 4. The lowest BCUT2D eigenvalue weighted by molar-refractivity contribution is -0.123. The maximum Gasteiger partial charge on any atom is 0.237 e. The fourth-order valence-corrected chi connectivity index (χ4v) is 5.61. The van der Waals surface area contributed by atoms with Crippen molar-refractivity contribution in [2.24, 2.45) is 11.3 Å². The van der Waals surface area contributed by atoms with Gasteiger partial charge in [0.05, 0.1) is 29.8 Å². The van der Waals surface area contributed by atoms with E-state index in [-0.39, 0.29) is 45.5 Å². The molecule has 0 spiro atoms. The molecule has 4 unspecified atom stereocenters. The molecule has 0 aliphatic carbocycles. The Morgan fingerprint density at radius 3 is 2.54 bits per heavy atom. The lowest BCUT2D eigenvalue weighted by Crippen LogP contribution is -2.47. The minimum absolute atomic E-state index is 0.00170. The minimum Gasteiger partial charge on any atom is -0.394 e. The van der Waals surface area contributed by atoms with Crippen molar-refractivity contribution in [1.29, 1.82) is 5.26 Å². The van der Waals surface area contributed by atoms with Crippen molar-refractivity contribution in [3.05, 3.63) is 69.2 Å². The van der Waals surface area contributed by atoms with Gasteiger partial charge < -0.3 is 20.8 Å². The van der Waals surface area contributed by atoms with Crippen molar-refractivity contribution in [1.82, 2.24) is 10.6 Å². The zero-order chi connectivity index (χ0) is 29.1. The van der Waals surface area contributed by atoms with Crippen molar-refractivity contribution in [2.75, 3.05) is 13.2 Å². The van der Waals surface area contributed by atoms with Gasteiger partial charge in [-0.15, -0.1) is 0 Å². The largest absolute Gasteiger partial charge is 0.394 e. The molecule has 0 saturated carbocycles. The lowest BCUT2D eigenvalue weighted by Gasteiger charge is -2.39. The van der Waals surface area contributed by atoms with E-state index in [4.69, 9.17) is 28.3 Å². The Kier molecular flexibility index (Phi) is 10.0. The number of benzene rings is 2. The van der Waals surface area contributed by atoms with Gasteiger partial charge in [0.1, 0.15) is 17.0 Å². The van der Waals surface area contributed by atoms with E-state index in [1.54, 1.807) is 0 Å². The van der Waals surface area contributed by atoms with Gasteiger partial charge in [0, 0.05) is 29.1 Å². The average molecular weight is 583 g/mol. The number of rotatable bonds is 10. The molecule has 1 aliphatic heterocycles. The number of nitrogens with one attached hydrogen (secondary N) is 2. The molecule has 1 saturated heterocycles. The van der Waals surface area contributed by atoms with E-state index in [1.165, 1.54) is 30.3 Å². The van der Waals surface area contributed by atoms with Gasteiger partial charge in [0.25, 0.3) is 0 Å². The van der Waals surface area contributed by atoms with Crippen LogP contribution in [0.15, 0.2) is 36.4 Å². The zero-order valence-corrected chi connectivity index (χ0v) is 24.0. The number of aliphatic hydroxyl groups is 2. The summed E-state index contributed by atoms with van der Waals surface area (Å²) in [5, 5.41) is 35.7. The number of aliphatic hydroxyl groups excluding tert-OH is 2. The van der Waals surface area contributed by atoms with Crippen molar-refractivity contribution in [3.8, 4) is 6.07 Å². The first-order chi connectivity index (χ1) is 18.3. The molecule has 5 atom stereocenters. The van der Waals surface area contributed by atoms with Gasteiger partial charge in [-0.2, -0.15) is 5.26 Å². The van der Waals surface area contributed by atoms with Crippen molar-refractivity contribution < 1.29 is 23.8 Å². The van der Waals surface area contributed by atoms with Crippen molar-refractivity contribution >= 4 is 29.1 Å². The Morgan fingerprint density at radius 1 is 1.26 bits per heavy atom. The van der Waals surface area contributed by atoms with Gasteiger partial charge in [-0.1, -0.05) is 69.1 Å². The van der Waals surface area contributed by atoms with Crippen LogP contribution in [0.4, 0.5) is 8.78 Å². The number of hydrogen-bond acceptors (Lipinski definition) is 5. The van der Waals surface area contributed by atoms with E-state index in [0.717, 1.165) is 6.07 Å². The molecule has 39 heavy (non-hydrogen) atoms. The molecule has 1 aliphatic rings. The molecular formula is C29H35Cl2F2N3O3. The Balaban J connectivity index is 2.26. The molecule has 1 fully saturated rings. The van der Waals surface area contributed by atoms with Crippen LogP contribution >= 0.6 is 23.2 Å². The van der Waals surface area contributed by atoms with Crippen LogP contribution in [0.5, 0.6) is 0 Å². The van der Waals surface area contributed by atoms with Gasteiger partial charge in [-0.05, 0) is 47.9 Å². The van der Waals surface area contributed by atoms with Crippen LogP contribution in [-0.4, -0.2) is 47.5 Å². The van der Waals surface area contributed by atoms with Crippen LogP contribution in [-0.2, 0) is 10.2 Å². The molecule has 1 heterocycles. The predicted molar refractivity (Wildman–Crippen MR) is 148 cm³/mol. The van der Waals surface area contributed by atoms with Gasteiger partial charge in [-0.25, -0.2) is 8.78 Å². The van der Waals surface area contributed by atoms with Gasteiger partial charge in [0.2, 0.25) is 5.91 Å². The second-order valence-electron chi connectivity index (χ2n) is 11.2. The van der Waals surface area contributed by atoms with E-state index >= 15 is 8.78 Å². The Labute approximate surface area is 238 Å². The highest BCUT2D eigenvalue weighted by Crippen LogP contribution is 2.53. The molecule has 4 N–H and O–H groups in total. The molecule has 2 aromatic carbocycles. The number of nitrogens with zero attached hydrogens (tertiary/aromatic N) is 1. The summed E-state index contributed by atoms with van der Waals surface area (Å²) in [6, 6.07) is 8.76. The highest BCUT2D eigenvalue weighted by atomic mass is 35.5. The lowest BCUT2D eigenvalue weighted by atomic mass is 9.61. The molecule has 0 aromatic heterocycles. The summed E-state index contributed by atoms with van der Waals surface area (Å²) < 4.78 is 31.4. The summed E-state index contributed by atoms with van der Waals surface area (Å²) in [5.41, 5.74) is -2.07. The molecule has 0 bridgehead atoms. The molecule has 10 heteroatoms. The molecule has 212 valence electrons. The quantitative estimate of drug-likeness (QED) is 0.313. The molecule has 3 rings (SSSR count). The van der Waals surface area contributed by atoms with Gasteiger partial charge in [-0.3, -0.25) is 4.79 Å². The molecular weight excluding hydrogens is 547 g/mol. The van der Waals surface area contributed by atoms with Crippen molar-refractivity contribution in [2.45, 2.75) is 70.1 Å². The Hall–Kier alpha value is -2.28. The minimum atomic E-state index is -1.72. The summed E-state index contributed by atoms with van der Waals surface area (Å²) in [7, 11) is 0. The molecule has 1 amide bonds. The van der Waals surface area contributed by atoms with E-state index in [2.05, 4.69) is 16.7 Å². The van der Waals surface area contributed by atoms with Crippen LogP contribution in [0.3, 0.4) is 0 Å². The third-order valence-electron chi connectivity index (χ3n) is 8.20. The average Bonchev–Trinajstić information content (AvgIpc) is 3.19. The summed E-state index contributed by atoms with van der Waals surface area (Å²) >= 11 is 12.2. The smallest absolute Gasteiger partial charge is 0.237 e. The van der Waals surface area contributed by atoms with Crippen LogP contribution in [0.2, 0.25) is 10.0 Å². The highest BCUT2D eigenvalue weighted by molar-refractivity contribution is 6.31. The monoisotopic (exact) mass is 581 g/mol. The third kappa shape index (κ3) is 6.23. The number of amides is 1. The standard InChI is InChI=1S/C29H35Cl2F2N3O3/c1-16(2)28(3,4)13-23-29(15-34,20-9-8-17(30)12-22(20)32)24(19-6-5-7-21(31)25(19)33)26(36-23)27(39)35-11-10-18(38)14-37/h5-9,12,16,18,23-24,26,36-38H,10-11,13-14H2,1-4H3,(H,35,39)/t18-,23?,24?,26?,29?/m0/s1. The van der Waals surface area contributed by atoms with Gasteiger partial charge >= 0.3 is 0 Å². The third-order valence-corrected chi connectivity index (χ3v) is 8.72. The second-order valence-corrected chi connectivity index (χ2v) is 12.0. The van der Waals surface area contributed by atoms with Gasteiger partial charge in [0.15, 0.2) is 0 Å². The molecule has 6 nitrogen and oxygen atoms in total.